The number of hydrogen-bond donors (Lipinski definition) is 1. The van der Waals surface area contributed by atoms with Crippen LogP contribution in [0.2, 0.25) is 0 Å². The smallest absolute Gasteiger partial charge is 0.281 e. The van der Waals surface area contributed by atoms with Crippen LogP contribution >= 0.6 is 11.8 Å². The zero-order valence-corrected chi connectivity index (χ0v) is 8.25. The molecule has 0 saturated heterocycles. The zero-order valence-electron chi connectivity index (χ0n) is 7.44. The second-order valence-corrected chi connectivity index (χ2v) is 4.01. The Morgan fingerprint density at radius 1 is 1.07 bits per heavy atom. The van der Waals surface area contributed by atoms with Crippen molar-refractivity contribution in [2.45, 2.75) is 4.90 Å². The highest BCUT2D eigenvalue weighted by atomic mass is 32.2. The number of hydrogen-bond acceptors (Lipinski definition) is 2. The molecule has 2 aromatic carbocycles. The number of benzene rings is 2. The van der Waals surface area contributed by atoms with E-state index in [0.717, 1.165) is 22.0 Å². The Bertz CT molecular complexity index is 481. The summed E-state index contributed by atoms with van der Waals surface area (Å²) in [6, 6.07) is 13.9. The minimum Gasteiger partial charge on any atom is -0.360 e. The summed E-state index contributed by atoms with van der Waals surface area (Å²) in [5, 5.41) is 1.92. The molecule has 2 rings (SSSR count). The molecule has 70 valence electrons. The molecule has 0 aliphatic rings. The van der Waals surface area contributed by atoms with E-state index in [9.17, 15) is 4.79 Å². The fourth-order valence-corrected chi connectivity index (χ4v) is 1.90. The molecule has 14 heavy (non-hydrogen) atoms. The number of fused-ring (bicyclic) bond motifs is 1. The van der Waals surface area contributed by atoms with E-state index in [1.165, 1.54) is 5.39 Å². The lowest BCUT2D eigenvalue weighted by Crippen LogP contribution is -2.01. The molecule has 0 radical (unpaired) electrons. The summed E-state index contributed by atoms with van der Waals surface area (Å²) >= 11 is 1.05. The third kappa shape index (κ3) is 1.88. The maximum absolute atomic E-state index is 10.7. The van der Waals surface area contributed by atoms with E-state index in [1.807, 2.05) is 42.5 Å². The molecule has 2 aromatic rings. The maximum Gasteiger partial charge on any atom is 0.281 e. The normalized spacial score (nSPS) is 10.3. The number of rotatable bonds is 1. The molecule has 2 N–H and O–H groups in total. The van der Waals surface area contributed by atoms with Crippen LogP contribution in [-0.2, 0) is 0 Å². The van der Waals surface area contributed by atoms with Gasteiger partial charge in [0, 0.05) is 4.90 Å². The highest BCUT2D eigenvalue weighted by Crippen LogP contribution is 2.23. The van der Waals surface area contributed by atoms with Gasteiger partial charge in [0.25, 0.3) is 5.24 Å². The topological polar surface area (TPSA) is 43.1 Å². The van der Waals surface area contributed by atoms with Crippen molar-refractivity contribution in [1.29, 1.82) is 0 Å². The first kappa shape index (κ1) is 9.09. The van der Waals surface area contributed by atoms with Crippen LogP contribution < -0.4 is 5.73 Å². The van der Waals surface area contributed by atoms with Gasteiger partial charge in [-0.15, -0.1) is 0 Å². The van der Waals surface area contributed by atoms with Crippen molar-refractivity contribution >= 4 is 27.8 Å². The minimum atomic E-state index is -0.375. The van der Waals surface area contributed by atoms with E-state index in [-0.39, 0.29) is 5.24 Å². The molecule has 0 aliphatic carbocycles. The number of thioether (sulfide) groups is 1. The highest BCUT2D eigenvalue weighted by Gasteiger charge is 1.99. The van der Waals surface area contributed by atoms with Gasteiger partial charge in [-0.1, -0.05) is 30.3 Å². The van der Waals surface area contributed by atoms with E-state index in [1.54, 1.807) is 0 Å². The molecular weight excluding hydrogens is 194 g/mol. The molecule has 0 saturated carbocycles. The molecule has 1 amide bonds. The third-order valence-electron chi connectivity index (χ3n) is 1.94. The quantitative estimate of drug-likeness (QED) is 0.724. The van der Waals surface area contributed by atoms with Crippen LogP contribution in [0.25, 0.3) is 10.8 Å². The first-order valence-electron chi connectivity index (χ1n) is 4.22. The van der Waals surface area contributed by atoms with Gasteiger partial charge in [-0.05, 0) is 34.7 Å². The molecule has 0 heterocycles. The van der Waals surface area contributed by atoms with Gasteiger partial charge in [0.05, 0.1) is 0 Å². The van der Waals surface area contributed by atoms with E-state index < -0.39 is 0 Å². The van der Waals surface area contributed by atoms with Crippen molar-refractivity contribution in [3.8, 4) is 0 Å². The third-order valence-corrected chi connectivity index (χ3v) is 2.63. The summed E-state index contributed by atoms with van der Waals surface area (Å²) in [6.07, 6.45) is 0. The van der Waals surface area contributed by atoms with Gasteiger partial charge >= 0.3 is 0 Å². The number of carbonyl (C=O) groups is 1. The van der Waals surface area contributed by atoms with Gasteiger partial charge in [-0.3, -0.25) is 4.79 Å². The highest BCUT2D eigenvalue weighted by molar-refractivity contribution is 8.13. The Labute approximate surface area is 86.1 Å². The van der Waals surface area contributed by atoms with Crippen molar-refractivity contribution in [1.82, 2.24) is 0 Å². The van der Waals surface area contributed by atoms with Crippen LogP contribution in [0.15, 0.2) is 47.4 Å². The number of nitrogens with two attached hydrogens (primary N) is 1. The fraction of sp³-hybridized carbons (Fsp3) is 0. The van der Waals surface area contributed by atoms with E-state index >= 15 is 0 Å². The Morgan fingerprint density at radius 3 is 2.50 bits per heavy atom. The van der Waals surface area contributed by atoms with Crippen LogP contribution in [0.1, 0.15) is 0 Å². The molecule has 3 heteroatoms. The second-order valence-electron chi connectivity index (χ2n) is 2.93. The average molecular weight is 203 g/mol. The Hall–Kier alpha value is -1.48. The van der Waals surface area contributed by atoms with E-state index in [2.05, 4.69) is 0 Å². The van der Waals surface area contributed by atoms with E-state index in [4.69, 9.17) is 5.73 Å². The van der Waals surface area contributed by atoms with Crippen LogP contribution in [0, 0.1) is 0 Å². The summed E-state index contributed by atoms with van der Waals surface area (Å²) < 4.78 is 0. The average Bonchev–Trinajstić information content (AvgIpc) is 2.17. The van der Waals surface area contributed by atoms with Crippen molar-refractivity contribution < 1.29 is 4.79 Å². The predicted octanol–water partition coefficient (Wildman–Crippen LogP) is 3.01. The molecule has 0 bridgehead atoms. The van der Waals surface area contributed by atoms with Crippen LogP contribution in [0.3, 0.4) is 0 Å². The molecule has 0 aromatic heterocycles. The molecule has 0 spiro atoms. The second kappa shape index (κ2) is 3.72. The molecule has 0 atom stereocenters. The lowest BCUT2D eigenvalue weighted by Gasteiger charge is -2.00. The monoisotopic (exact) mass is 203 g/mol. The van der Waals surface area contributed by atoms with Gasteiger partial charge in [-0.25, -0.2) is 0 Å². The van der Waals surface area contributed by atoms with Gasteiger partial charge < -0.3 is 5.73 Å². The minimum absolute atomic E-state index is 0.375. The van der Waals surface area contributed by atoms with Crippen LogP contribution in [0.5, 0.6) is 0 Å². The number of primary amides is 1. The van der Waals surface area contributed by atoms with Crippen molar-refractivity contribution in [3.05, 3.63) is 42.5 Å². The summed E-state index contributed by atoms with van der Waals surface area (Å²) in [7, 11) is 0. The summed E-state index contributed by atoms with van der Waals surface area (Å²) in [6.45, 7) is 0. The zero-order chi connectivity index (χ0) is 9.97. The molecular formula is C11H9NOS. The standard InChI is InChI=1S/C11H9NOS/c12-11(13)14-10-6-5-8-3-1-2-4-9(8)7-10/h1-7H,(H2,12,13). The van der Waals surface area contributed by atoms with Crippen molar-refractivity contribution in [2.75, 3.05) is 0 Å². The lowest BCUT2D eigenvalue weighted by atomic mass is 10.1. The SMILES string of the molecule is NC(=O)Sc1ccc2ccccc2c1. The Morgan fingerprint density at radius 2 is 1.79 bits per heavy atom. The van der Waals surface area contributed by atoms with Gasteiger partial charge in [0.2, 0.25) is 0 Å². The van der Waals surface area contributed by atoms with E-state index in [0.29, 0.717) is 0 Å². The fourth-order valence-electron chi connectivity index (χ4n) is 1.35. The van der Waals surface area contributed by atoms with Gasteiger partial charge in [0.1, 0.15) is 0 Å². The molecule has 0 fully saturated rings. The van der Waals surface area contributed by atoms with Crippen molar-refractivity contribution in [3.63, 3.8) is 0 Å². The summed E-state index contributed by atoms with van der Waals surface area (Å²) in [5.41, 5.74) is 5.09. The molecule has 0 unspecified atom stereocenters. The Kier molecular flexibility index (Phi) is 2.41. The molecule has 2 nitrogen and oxygen atoms in total. The van der Waals surface area contributed by atoms with Crippen LogP contribution in [0.4, 0.5) is 4.79 Å². The Balaban J connectivity index is 2.46. The lowest BCUT2D eigenvalue weighted by molar-refractivity contribution is 0.267. The van der Waals surface area contributed by atoms with Gasteiger partial charge in [-0.2, -0.15) is 0 Å². The number of carbonyl (C=O) groups excluding carboxylic acids is 1. The van der Waals surface area contributed by atoms with Crippen molar-refractivity contribution in [2.24, 2.45) is 5.73 Å². The predicted molar refractivity (Wildman–Crippen MR) is 59.4 cm³/mol. The molecule has 0 aliphatic heterocycles. The largest absolute Gasteiger partial charge is 0.360 e. The first-order valence-corrected chi connectivity index (χ1v) is 5.03. The number of amides is 1. The first-order chi connectivity index (χ1) is 6.75. The summed E-state index contributed by atoms with van der Waals surface area (Å²) in [5.74, 6) is 0. The van der Waals surface area contributed by atoms with Crippen LogP contribution in [-0.4, -0.2) is 5.24 Å². The summed E-state index contributed by atoms with van der Waals surface area (Å²) in [4.78, 5) is 11.6. The maximum atomic E-state index is 10.7. The van der Waals surface area contributed by atoms with Gasteiger partial charge in [0.15, 0.2) is 0 Å².